The largest absolute Gasteiger partial charge is 0.394 e. The van der Waals surface area contributed by atoms with Gasteiger partial charge in [0.25, 0.3) is 0 Å². The van der Waals surface area contributed by atoms with E-state index >= 15 is 0 Å². The van der Waals surface area contributed by atoms with Crippen LogP contribution in [0.3, 0.4) is 0 Å². The number of rotatable bonds is 6. The van der Waals surface area contributed by atoms with Gasteiger partial charge in [-0.25, -0.2) is 0 Å². The number of terminal acetylenes is 1. The summed E-state index contributed by atoms with van der Waals surface area (Å²) in [5.41, 5.74) is -0.978. The molecule has 2 saturated heterocycles. The second kappa shape index (κ2) is 9.48. The third-order valence-corrected chi connectivity index (χ3v) is 5.68. The normalized spacial score (nSPS) is 45.1. The number of thioether (sulfide) groups is 1. The highest BCUT2D eigenvalue weighted by molar-refractivity contribution is 8.00. The van der Waals surface area contributed by atoms with E-state index in [1.807, 2.05) is 0 Å². The second-order valence-corrected chi connectivity index (χ2v) is 7.26. The molecule has 2 aliphatic rings. The van der Waals surface area contributed by atoms with E-state index in [1.54, 1.807) is 0 Å². The minimum atomic E-state index is -1.49. The van der Waals surface area contributed by atoms with Gasteiger partial charge in [0.2, 0.25) is 0 Å². The summed E-state index contributed by atoms with van der Waals surface area (Å²) in [6, 6.07) is 0. The number of ether oxygens (including phenoxy) is 3. The Morgan fingerprint density at radius 1 is 1.00 bits per heavy atom. The van der Waals surface area contributed by atoms with Crippen molar-refractivity contribution in [1.82, 2.24) is 0 Å². The van der Waals surface area contributed by atoms with Gasteiger partial charge < -0.3 is 44.8 Å². The van der Waals surface area contributed by atoms with Crippen LogP contribution in [-0.4, -0.2) is 104 Å². The molecule has 6 N–H and O–H groups in total. The predicted octanol–water partition coefficient (Wildman–Crippen LogP) is -2.99. The Kier molecular flexibility index (Phi) is 7.91. The van der Waals surface area contributed by atoms with Crippen molar-refractivity contribution in [2.45, 2.75) is 60.0 Å². The first-order valence-electron chi connectivity index (χ1n) is 7.88. The molecule has 0 aromatic heterocycles. The third-order valence-electron chi connectivity index (χ3n) is 4.18. The van der Waals surface area contributed by atoms with Gasteiger partial charge in [0, 0.05) is 5.25 Å². The van der Waals surface area contributed by atoms with Crippen molar-refractivity contribution in [2.24, 2.45) is 0 Å². The van der Waals surface area contributed by atoms with Crippen LogP contribution in [-0.2, 0) is 14.2 Å². The standard InChI is InChI=1S/C15H24O9S/c1-2-3-22-14-7(18)4-10(8(5-16)23-14)25-15-13(21)12(20)11(19)9(6-17)24-15/h1,7-21H,3-6H2/t7-,8-,9-,10+,11+,12+,13-,14+,15+/m1/s1. The molecular weight excluding hydrogens is 356 g/mol. The van der Waals surface area contributed by atoms with Gasteiger partial charge in [-0.1, -0.05) is 5.92 Å². The lowest BCUT2D eigenvalue weighted by molar-refractivity contribution is -0.238. The molecule has 10 heteroatoms. The summed E-state index contributed by atoms with van der Waals surface area (Å²) >= 11 is 1.04. The zero-order chi connectivity index (χ0) is 18.6. The Hall–Kier alpha value is -0.450. The lowest BCUT2D eigenvalue weighted by atomic mass is 10.0. The molecule has 0 aromatic carbocycles. The molecule has 0 bridgehead atoms. The first kappa shape index (κ1) is 20.9. The molecule has 9 atom stereocenters. The maximum absolute atomic E-state index is 10.1. The maximum atomic E-state index is 10.1. The van der Waals surface area contributed by atoms with Crippen molar-refractivity contribution in [1.29, 1.82) is 0 Å². The average Bonchev–Trinajstić information content (AvgIpc) is 2.61. The first-order chi connectivity index (χ1) is 11.9. The van der Waals surface area contributed by atoms with Gasteiger partial charge in [0.05, 0.1) is 19.3 Å². The summed E-state index contributed by atoms with van der Waals surface area (Å²) in [4.78, 5) is 0. The summed E-state index contributed by atoms with van der Waals surface area (Å²) in [6.07, 6.45) is -2.79. The fraction of sp³-hybridized carbons (Fsp3) is 0.867. The summed E-state index contributed by atoms with van der Waals surface area (Å²) in [5, 5.41) is 58.1. The van der Waals surface area contributed by atoms with Crippen molar-refractivity contribution in [3.63, 3.8) is 0 Å². The van der Waals surface area contributed by atoms with E-state index < -0.39 is 60.2 Å². The van der Waals surface area contributed by atoms with Gasteiger partial charge >= 0.3 is 0 Å². The molecule has 25 heavy (non-hydrogen) atoms. The third kappa shape index (κ3) is 4.84. The topological polar surface area (TPSA) is 149 Å². The van der Waals surface area contributed by atoms with Crippen molar-refractivity contribution >= 4 is 11.8 Å². The van der Waals surface area contributed by atoms with Crippen LogP contribution in [0.5, 0.6) is 0 Å². The molecule has 0 radical (unpaired) electrons. The Labute approximate surface area is 149 Å². The van der Waals surface area contributed by atoms with Crippen LogP contribution in [0.2, 0.25) is 0 Å². The quantitative estimate of drug-likeness (QED) is 0.263. The van der Waals surface area contributed by atoms with E-state index in [2.05, 4.69) is 5.92 Å². The minimum Gasteiger partial charge on any atom is -0.394 e. The van der Waals surface area contributed by atoms with Crippen LogP contribution in [0, 0.1) is 12.3 Å². The van der Waals surface area contributed by atoms with Gasteiger partial charge in [-0.15, -0.1) is 18.2 Å². The monoisotopic (exact) mass is 380 g/mol. The van der Waals surface area contributed by atoms with E-state index in [9.17, 15) is 30.6 Å². The van der Waals surface area contributed by atoms with Gasteiger partial charge in [-0.2, -0.15) is 0 Å². The van der Waals surface area contributed by atoms with Gasteiger partial charge in [0.15, 0.2) is 6.29 Å². The summed E-state index contributed by atoms with van der Waals surface area (Å²) in [5.74, 6) is 2.26. The smallest absolute Gasteiger partial charge is 0.185 e. The maximum Gasteiger partial charge on any atom is 0.185 e. The van der Waals surface area contributed by atoms with Crippen LogP contribution < -0.4 is 0 Å². The molecule has 2 rings (SSSR count). The van der Waals surface area contributed by atoms with Crippen LogP contribution in [0.4, 0.5) is 0 Å². The van der Waals surface area contributed by atoms with Gasteiger partial charge in [0.1, 0.15) is 42.6 Å². The number of aliphatic hydroxyl groups is 6. The van der Waals surface area contributed by atoms with E-state index in [4.69, 9.17) is 20.6 Å². The van der Waals surface area contributed by atoms with Crippen molar-refractivity contribution in [2.75, 3.05) is 19.8 Å². The van der Waals surface area contributed by atoms with Crippen LogP contribution in [0.25, 0.3) is 0 Å². The Balaban J connectivity index is 2.01. The van der Waals surface area contributed by atoms with E-state index in [0.29, 0.717) is 0 Å². The minimum absolute atomic E-state index is 0.0512. The molecule has 2 aliphatic heterocycles. The molecular formula is C15H24O9S. The number of hydrogen-bond donors (Lipinski definition) is 6. The highest BCUT2D eigenvalue weighted by atomic mass is 32.2. The van der Waals surface area contributed by atoms with Crippen molar-refractivity contribution < 1.29 is 44.8 Å². The molecule has 0 spiro atoms. The summed E-state index contributed by atoms with van der Waals surface area (Å²) in [6.45, 7) is -0.945. The lowest BCUT2D eigenvalue weighted by Crippen LogP contribution is -2.58. The molecule has 0 unspecified atom stereocenters. The lowest BCUT2D eigenvalue weighted by Gasteiger charge is -2.43. The van der Waals surface area contributed by atoms with Crippen molar-refractivity contribution in [3.05, 3.63) is 0 Å². The van der Waals surface area contributed by atoms with Crippen molar-refractivity contribution in [3.8, 4) is 12.3 Å². The first-order valence-corrected chi connectivity index (χ1v) is 8.82. The van der Waals surface area contributed by atoms with Gasteiger partial charge in [-0.05, 0) is 6.42 Å². The molecule has 0 aromatic rings. The molecule has 0 amide bonds. The van der Waals surface area contributed by atoms with Crippen LogP contribution >= 0.6 is 11.8 Å². The fourth-order valence-corrected chi connectivity index (χ4v) is 4.30. The molecule has 2 heterocycles. The van der Waals surface area contributed by atoms with Gasteiger partial charge in [-0.3, -0.25) is 0 Å². The number of hydrogen-bond acceptors (Lipinski definition) is 10. The zero-order valence-corrected chi connectivity index (χ0v) is 14.2. The van der Waals surface area contributed by atoms with E-state index in [0.717, 1.165) is 11.8 Å². The summed E-state index contributed by atoms with van der Waals surface area (Å²) in [7, 11) is 0. The van der Waals surface area contributed by atoms with E-state index in [1.165, 1.54) is 0 Å². The molecule has 2 fully saturated rings. The Bertz CT molecular complexity index is 457. The molecule has 0 saturated carbocycles. The van der Waals surface area contributed by atoms with Crippen LogP contribution in [0.15, 0.2) is 0 Å². The highest BCUT2D eigenvalue weighted by Gasteiger charge is 2.47. The average molecular weight is 380 g/mol. The Morgan fingerprint density at radius 3 is 2.28 bits per heavy atom. The zero-order valence-electron chi connectivity index (χ0n) is 13.4. The predicted molar refractivity (Wildman–Crippen MR) is 86.3 cm³/mol. The highest BCUT2D eigenvalue weighted by Crippen LogP contribution is 2.37. The summed E-state index contributed by atoms with van der Waals surface area (Å²) < 4.78 is 16.1. The van der Waals surface area contributed by atoms with E-state index in [-0.39, 0.29) is 19.6 Å². The molecule has 144 valence electrons. The SMILES string of the molecule is C#CCO[C@H]1O[C@H](CO)[C@@H](S[C@@H]2O[C@H](CO)[C@H](O)[C@H](O)[C@H]2O)C[C@H]1O. The molecule has 0 aliphatic carbocycles. The van der Waals surface area contributed by atoms with Crippen LogP contribution in [0.1, 0.15) is 6.42 Å². The fourth-order valence-electron chi connectivity index (χ4n) is 2.79. The second-order valence-electron chi connectivity index (χ2n) is 5.92. The number of aliphatic hydroxyl groups excluding tert-OH is 6. The molecule has 9 nitrogen and oxygen atoms in total. The Morgan fingerprint density at radius 2 is 1.68 bits per heavy atom.